The Bertz CT molecular complexity index is 637. The summed E-state index contributed by atoms with van der Waals surface area (Å²) in [6.45, 7) is 4.55. The van der Waals surface area contributed by atoms with E-state index in [0.717, 1.165) is 0 Å². The summed E-state index contributed by atoms with van der Waals surface area (Å²) < 4.78 is 30.3. The van der Waals surface area contributed by atoms with Crippen LogP contribution in [0.25, 0.3) is 0 Å². The summed E-state index contributed by atoms with van der Waals surface area (Å²) in [5, 5.41) is 2.60. The average Bonchev–Trinajstić information content (AvgIpc) is 2.51. The van der Waals surface area contributed by atoms with E-state index in [9.17, 15) is 17.8 Å². The Morgan fingerprint density at radius 1 is 1.35 bits per heavy atom. The summed E-state index contributed by atoms with van der Waals surface area (Å²) in [4.78, 5) is 11.8. The van der Waals surface area contributed by atoms with Gasteiger partial charge >= 0.3 is 0 Å². The smallest absolute Gasteiger partial charge is 0.277 e. The van der Waals surface area contributed by atoms with E-state index in [0.29, 0.717) is 17.0 Å². The molecule has 4 N–H and O–H groups in total. The lowest BCUT2D eigenvalue weighted by molar-refractivity contribution is -0.116. The molecular formula is C13H18N2O4S. The molecule has 1 atom stereocenters. The highest BCUT2D eigenvalue weighted by atomic mass is 32.2. The molecule has 1 unspecified atom stereocenters. The fraction of sp³-hybridized carbons (Fsp3) is 0.308. The number of nitrogens with one attached hydrogen (secondary N) is 1. The van der Waals surface area contributed by atoms with Crippen LogP contribution in [0, 0.1) is 0 Å². The van der Waals surface area contributed by atoms with Crippen LogP contribution >= 0.6 is 0 Å². The molecule has 1 rings (SSSR count). The molecule has 0 saturated carbocycles. The van der Waals surface area contributed by atoms with Crippen LogP contribution in [0.15, 0.2) is 47.3 Å². The normalized spacial score (nSPS) is 23.7. The van der Waals surface area contributed by atoms with Crippen molar-refractivity contribution < 1.29 is 17.8 Å². The van der Waals surface area contributed by atoms with Gasteiger partial charge in [-0.1, -0.05) is 18.2 Å². The highest BCUT2D eigenvalue weighted by Gasteiger charge is 2.33. The predicted molar refractivity (Wildman–Crippen MR) is 77.0 cm³/mol. The second-order valence-electron chi connectivity index (χ2n) is 4.74. The van der Waals surface area contributed by atoms with Crippen LogP contribution in [0.1, 0.15) is 20.8 Å². The summed E-state index contributed by atoms with van der Waals surface area (Å²) in [6.07, 6.45) is 7.04. The number of rotatable bonds is 3. The predicted octanol–water partition coefficient (Wildman–Crippen LogP) is 1.01. The quantitative estimate of drug-likeness (QED) is 0.532. The standard InChI is InChI=1S/C13H18N2O4S/c1-9(10(2)14)12(16)15-11-5-4-7-13(3,8-6-11)20(17,18)19/h4-8H,14H2,1-3H3,(H,15,16)(H,17,18,19). The number of hydrogen-bond acceptors (Lipinski definition) is 4. The molecule has 1 aliphatic carbocycles. The van der Waals surface area contributed by atoms with Crippen molar-refractivity contribution in [3.05, 3.63) is 47.3 Å². The van der Waals surface area contributed by atoms with E-state index < -0.39 is 14.9 Å². The first-order valence-electron chi connectivity index (χ1n) is 5.87. The van der Waals surface area contributed by atoms with E-state index in [2.05, 4.69) is 5.32 Å². The molecule has 0 bridgehead atoms. The molecule has 0 aliphatic heterocycles. The summed E-state index contributed by atoms with van der Waals surface area (Å²) in [6, 6.07) is 0. The molecule has 1 aliphatic rings. The summed E-state index contributed by atoms with van der Waals surface area (Å²) in [5.41, 5.74) is 6.71. The SMILES string of the molecule is CC(N)=C(C)C(=O)NC1=CC=CC(C)(S(=O)(=O)O)C=C1. The van der Waals surface area contributed by atoms with Gasteiger partial charge in [-0.3, -0.25) is 9.35 Å². The summed E-state index contributed by atoms with van der Waals surface area (Å²) >= 11 is 0. The largest absolute Gasteiger partial charge is 0.402 e. The second-order valence-corrected chi connectivity index (χ2v) is 6.57. The minimum Gasteiger partial charge on any atom is -0.402 e. The Hall–Kier alpha value is -1.86. The maximum Gasteiger partial charge on any atom is 0.277 e. The molecule has 0 aromatic carbocycles. The molecular weight excluding hydrogens is 280 g/mol. The van der Waals surface area contributed by atoms with Crippen LogP contribution in [0.5, 0.6) is 0 Å². The van der Waals surface area contributed by atoms with E-state index >= 15 is 0 Å². The first kappa shape index (κ1) is 16.2. The van der Waals surface area contributed by atoms with Crippen molar-refractivity contribution >= 4 is 16.0 Å². The molecule has 110 valence electrons. The summed E-state index contributed by atoms with van der Waals surface area (Å²) in [7, 11) is -4.28. The number of carbonyl (C=O) groups is 1. The zero-order valence-corrected chi connectivity index (χ0v) is 12.4. The molecule has 0 spiro atoms. The molecule has 7 heteroatoms. The minimum atomic E-state index is -4.28. The summed E-state index contributed by atoms with van der Waals surface area (Å²) in [5.74, 6) is -0.371. The van der Waals surface area contributed by atoms with Crippen LogP contribution in [0.3, 0.4) is 0 Å². The maximum atomic E-state index is 11.8. The zero-order valence-electron chi connectivity index (χ0n) is 11.5. The van der Waals surface area contributed by atoms with E-state index in [-0.39, 0.29) is 5.91 Å². The van der Waals surface area contributed by atoms with Crippen molar-refractivity contribution in [1.29, 1.82) is 0 Å². The van der Waals surface area contributed by atoms with Gasteiger partial charge in [-0.2, -0.15) is 8.42 Å². The van der Waals surface area contributed by atoms with Crippen molar-refractivity contribution in [2.24, 2.45) is 5.73 Å². The lowest BCUT2D eigenvalue weighted by Gasteiger charge is -2.16. The number of carbonyl (C=O) groups excluding carboxylic acids is 1. The zero-order chi connectivity index (χ0) is 15.6. The van der Waals surface area contributed by atoms with Gasteiger partial charge in [0, 0.05) is 17.0 Å². The van der Waals surface area contributed by atoms with E-state index in [1.54, 1.807) is 13.8 Å². The van der Waals surface area contributed by atoms with Gasteiger partial charge in [0.15, 0.2) is 0 Å². The van der Waals surface area contributed by atoms with E-state index in [1.165, 1.54) is 37.3 Å². The molecule has 0 aromatic heterocycles. The van der Waals surface area contributed by atoms with E-state index in [4.69, 9.17) is 5.73 Å². The molecule has 0 heterocycles. The highest BCUT2D eigenvalue weighted by molar-refractivity contribution is 7.87. The number of nitrogens with two attached hydrogens (primary N) is 1. The van der Waals surface area contributed by atoms with Crippen LogP contribution < -0.4 is 11.1 Å². The molecule has 0 saturated heterocycles. The van der Waals surface area contributed by atoms with Gasteiger partial charge in [0.2, 0.25) is 0 Å². The Morgan fingerprint density at radius 3 is 2.45 bits per heavy atom. The Labute approximate surface area is 118 Å². The average molecular weight is 298 g/mol. The van der Waals surface area contributed by atoms with Crippen molar-refractivity contribution in [2.45, 2.75) is 25.5 Å². The van der Waals surface area contributed by atoms with Crippen molar-refractivity contribution in [2.75, 3.05) is 0 Å². The lowest BCUT2D eigenvalue weighted by atomic mass is 10.1. The third kappa shape index (κ3) is 3.58. The van der Waals surface area contributed by atoms with Gasteiger partial charge in [-0.25, -0.2) is 0 Å². The number of allylic oxidation sites excluding steroid dienone is 4. The van der Waals surface area contributed by atoms with Crippen LogP contribution in [-0.2, 0) is 14.9 Å². The molecule has 20 heavy (non-hydrogen) atoms. The molecule has 0 aromatic rings. The van der Waals surface area contributed by atoms with Crippen molar-refractivity contribution in [1.82, 2.24) is 5.32 Å². The molecule has 1 amide bonds. The van der Waals surface area contributed by atoms with Crippen LogP contribution in [-0.4, -0.2) is 23.6 Å². The van der Waals surface area contributed by atoms with E-state index in [1.807, 2.05) is 0 Å². The number of hydrogen-bond donors (Lipinski definition) is 3. The Morgan fingerprint density at radius 2 is 1.95 bits per heavy atom. The van der Waals surface area contributed by atoms with Crippen molar-refractivity contribution in [3.8, 4) is 0 Å². The Balaban J connectivity index is 2.97. The van der Waals surface area contributed by atoms with Crippen LogP contribution in [0.2, 0.25) is 0 Å². The molecule has 0 fully saturated rings. The molecule has 0 radical (unpaired) electrons. The third-order valence-corrected chi connectivity index (χ3v) is 4.43. The Kier molecular flexibility index (Phi) is 4.57. The third-order valence-electron chi connectivity index (χ3n) is 3.04. The lowest BCUT2D eigenvalue weighted by Crippen LogP contribution is -2.30. The first-order chi connectivity index (χ1) is 9.07. The fourth-order valence-corrected chi connectivity index (χ4v) is 1.86. The second kappa shape index (κ2) is 5.64. The van der Waals surface area contributed by atoms with Gasteiger partial charge in [0.25, 0.3) is 16.0 Å². The van der Waals surface area contributed by atoms with Crippen molar-refractivity contribution in [3.63, 3.8) is 0 Å². The maximum absolute atomic E-state index is 11.8. The highest BCUT2D eigenvalue weighted by Crippen LogP contribution is 2.22. The van der Waals surface area contributed by atoms with Gasteiger partial charge < -0.3 is 11.1 Å². The monoisotopic (exact) mass is 298 g/mol. The topological polar surface area (TPSA) is 109 Å². The van der Waals surface area contributed by atoms with Gasteiger partial charge in [0.05, 0.1) is 0 Å². The fourth-order valence-electron chi connectivity index (χ4n) is 1.37. The first-order valence-corrected chi connectivity index (χ1v) is 7.31. The number of amides is 1. The van der Waals surface area contributed by atoms with Gasteiger partial charge in [0.1, 0.15) is 4.75 Å². The van der Waals surface area contributed by atoms with Crippen LogP contribution in [0.4, 0.5) is 0 Å². The van der Waals surface area contributed by atoms with Gasteiger partial charge in [-0.15, -0.1) is 0 Å². The minimum absolute atomic E-state index is 0.371. The van der Waals surface area contributed by atoms with Gasteiger partial charge in [-0.05, 0) is 32.9 Å². The molecule has 6 nitrogen and oxygen atoms in total.